The van der Waals surface area contributed by atoms with E-state index in [-0.39, 0.29) is 0 Å². The molecule has 0 radical (unpaired) electrons. The van der Waals surface area contributed by atoms with Gasteiger partial charge in [0.1, 0.15) is 5.82 Å². The molecule has 1 aliphatic carbocycles. The zero-order valence-corrected chi connectivity index (χ0v) is 11.7. The summed E-state index contributed by atoms with van der Waals surface area (Å²) >= 11 is 7.03. The van der Waals surface area contributed by atoms with E-state index in [1.165, 1.54) is 18.5 Å². The molecule has 1 N–H and O–H groups in total. The maximum atomic E-state index is 4.44. The Morgan fingerprint density at radius 1 is 1.25 bits per heavy atom. The minimum Gasteiger partial charge on any atom is -0.342 e. The Morgan fingerprint density at radius 2 is 2.06 bits per heavy atom. The molecule has 2 nitrogen and oxygen atoms in total. The third-order valence-electron chi connectivity index (χ3n) is 2.80. The van der Waals surface area contributed by atoms with Crippen molar-refractivity contribution in [2.24, 2.45) is 0 Å². The molecule has 1 aromatic heterocycles. The molecule has 1 fully saturated rings. The van der Waals surface area contributed by atoms with Gasteiger partial charge >= 0.3 is 0 Å². The van der Waals surface area contributed by atoms with E-state index in [0.29, 0.717) is 5.92 Å². The molecule has 1 aliphatic rings. The fraction of sp³-hybridized carbons (Fsp3) is 0.250. The van der Waals surface area contributed by atoms with Gasteiger partial charge in [0, 0.05) is 32.3 Å². The van der Waals surface area contributed by atoms with Gasteiger partial charge in [-0.25, -0.2) is 4.98 Å². The van der Waals surface area contributed by atoms with Gasteiger partial charge in [0.25, 0.3) is 0 Å². The fourth-order valence-corrected chi connectivity index (χ4v) is 2.55. The molecule has 0 atom stereocenters. The summed E-state index contributed by atoms with van der Waals surface area (Å²) in [7, 11) is 0. The quantitative estimate of drug-likeness (QED) is 0.857. The highest BCUT2D eigenvalue weighted by atomic mass is 79.9. The van der Waals surface area contributed by atoms with Gasteiger partial charge in [0.05, 0.1) is 0 Å². The lowest BCUT2D eigenvalue weighted by Gasteiger charge is -2.01. The monoisotopic (exact) mass is 340 g/mol. The highest BCUT2D eigenvalue weighted by molar-refractivity contribution is 9.11. The van der Waals surface area contributed by atoms with Crippen LogP contribution in [0.1, 0.15) is 24.5 Å². The average molecular weight is 342 g/mol. The zero-order chi connectivity index (χ0) is 11.1. The minimum absolute atomic E-state index is 0.715. The predicted octanol–water partition coefficient (Wildman–Crippen LogP) is 4.48. The number of hydrogen-bond donors (Lipinski definition) is 1. The number of halogens is 2. The van der Waals surface area contributed by atoms with Gasteiger partial charge in [0.2, 0.25) is 0 Å². The van der Waals surface area contributed by atoms with E-state index in [4.69, 9.17) is 0 Å². The van der Waals surface area contributed by atoms with E-state index in [9.17, 15) is 0 Å². The van der Waals surface area contributed by atoms with Crippen molar-refractivity contribution in [2.75, 3.05) is 0 Å². The van der Waals surface area contributed by atoms with E-state index in [2.05, 4.69) is 47.9 Å². The van der Waals surface area contributed by atoms with E-state index in [1.54, 1.807) is 0 Å². The summed E-state index contributed by atoms with van der Waals surface area (Å²) in [4.78, 5) is 7.84. The van der Waals surface area contributed by atoms with Crippen LogP contribution in [0.3, 0.4) is 0 Å². The summed E-state index contributed by atoms with van der Waals surface area (Å²) in [6, 6.07) is 6.11. The lowest BCUT2D eigenvalue weighted by Crippen LogP contribution is -1.84. The molecule has 82 valence electrons. The standard InChI is InChI=1S/C12H10Br2N2/c13-8-3-4-10(14)9(5-8)12-15-6-11(16-12)7-1-2-7/h3-7H,1-2H2,(H,15,16). The molecule has 0 bridgehead atoms. The molecule has 1 saturated carbocycles. The van der Waals surface area contributed by atoms with Crippen molar-refractivity contribution in [1.82, 2.24) is 9.97 Å². The van der Waals surface area contributed by atoms with E-state index in [0.717, 1.165) is 20.3 Å². The van der Waals surface area contributed by atoms with Crippen LogP contribution in [0, 0.1) is 0 Å². The number of rotatable bonds is 2. The highest BCUT2D eigenvalue weighted by Crippen LogP contribution is 2.40. The summed E-state index contributed by atoms with van der Waals surface area (Å²) in [6.07, 6.45) is 4.54. The van der Waals surface area contributed by atoms with Gasteiger partial charge < -0.3 is 4.98 Å². The first kappa shape index (κ1) is 10.5. The van der Waals surface area contributed by atoms with Gasteiger partial charge in [0.15, 0.2) is 0 Å². The Kier molecular flexibility index (Phi) is 2.64. The SMILES string of the molecule is Brc1ccc(Br)c(-c2ncc(C3CC3)[nH]2)c1. The molecule has 0 saturated heterocycles. The largest absolute Gasteiger partial charge is 0.342 e. The van der Waals surface area contributed by atoms with Crippen LogP contribution in [0.25, 0.3) is 11.4 Å². The third kappa shape index (κ3) is 1.96. The number of aromatic amines is 1. The van der Waals surface area contributed by atoms with Crippen molar-refractivity contribution in [2.45, 2.75) is 18.8 Å². The topological polar surface area (TPSA) is 28.7 Å². The zero-order valence-electron chi connectivity index (χ0n) is 8.50. The van der Waals surface area contributed by atoms with E-state index >= 15 is 0 Å². The van der Waals surface area contributed by atoms with Gasteiger partial charge in [-0.1, -0.05) is 31.9 Å². The van der Waals surface area contributed by atoms with Crippen LogP contribution < -0.4 is 0 Å². The molecule has 0 unspecified atom stereocenters. The Morgan fingerprint density at radius 3 is 2.81 bits per heavy atom. The molecule has 2 aromatic rings. The molecule has 16 heavy (non-hydrogen) atoms. The number of aromatic nitrogens is 2. The highest BCUT2D eigenvalue weighted by Gasteiger charge is 2.25. The Bertz CT molecular complexity index is 530. The summed E-state index contributed by atoms with van der Waals surface area (Å²) in [5, 5.41) is 0. The number of imidazole rings is 1. The summed E-state index contributed by atoms with van der Waals surface area (Å²) in [5.41, 5.74) is 2.36. The van der Waals surface area contributed by atoms with Crippen molar-refractivity contribution < 1.29 is 0 Å². The number of H-pyrrole nitrogens is 1. The van der Waals surface area contributed by atoms with Crippen LogP contribution in [0.15, 0.2) is 33.3 Å². The molecular formula is C12H10Br2N2. The third-order valence-corrected chi connectivity index (χ3v) is 3.98. The van der Waals surface area contributed by atoms with E-state index < -0.39 is 0 Å². The van der Waals surface area contributed by atoms with Crippen molar-refractivity contribution in [3.8, 4) is 11.4 Å². The van der Waals surface area contributed by atoms with Gasteiger partial charge in [-0.15, -0.1) is 0 Å². The molecule has 3 rings (SSSR count). The van der Waals surface area contributed by atoms with E-state index in [1.807, 2.05) is 18.3 Å². The first-order valence-corrected chi connectivity index (χ1v) is 6.83. The van der Waals surface area contributed by atoms with Gasteiger partial charge in [-0.2, -0.15) is 0 Å². The summed E-state index contributed by atoms with van der Waals surface area (Å²) in [6.45, 7) is 0. The second-order valence-corrected chi connectivity index (χ2v) is 5.86. The van der Waals surface area contributed by atoms with Crippen LogP contribution in [-0.2, 0) is 0 Å². The maximum Gasteiger partial charge on any atom is 0.138 e. The number of hydrogen-bond acceptors (Lipinski definition) is 1. The lowest BCUT2D eigenvalue weighted by atomic mass is 10.2. The minimum atomic E-state index is 0.715. The van der Waals surface area contributed by atoms with Gasteiger partial charge in [-0.3, -0.25) is 0 Å². The van der Waals surface area contributed by atoms with Crippen LogP contribution in [0.4, 0.5) is 0 Å². The van der Waals surface area contributed by atoms with Crippen LogP contribution in [0.5, 0.6) is 0 Å². The first-order valence-electron chi connectivity index (χ1n) is 5.24. The predicted molar refractivity (Wildman–Crippen MR) is 71.4 cm³/mol. The van der Waals surface area contributed by atoms with Crippen molar-refractivity contribution >= 4 is 31.9 Å². The first-order chi connectivity index (χ1) is 7.74. The molecular weight excluding hydrogens is 332 g/mol. The normalized spacial score (nSPS) is 15.4. The molecule has 1 heterocycles. The van der Waals surface area contributed by atoms with Crippen LogP contribution in [0.2, 0.25) is 0 Å². The number of benzene rings is 1. The summed E-state index contributed by atoms with van der Waals surface area (Å²) < 4.78 is 2.13. The Labute approximate surface area is 111 Å². The number of nitrogens with one attached hydrogen (secondary N) is 1. The van der Waals surface area contributed by atoms with Crippen molar-refractivity contribution in [1.29, 1.82) is 0 Å². The molecule has 0 aliphatic heterocycles. The smallest absolute Gasteiger partial charge is 0.138 e. The maximum absolute atomic E-state index is 4.44. The molecule has 0 spiro atoms. The second-order valence-electron chi connectivity index (χ2n) is 4.09. The Hall–Kier alpha value is -0.610. The van der Waals surface area contributed by atoms with Crippen molar-refractivity contribution in [3.63, 3.8) is 0 Å². The molecule has 1 aromatic carbocycles. The van der Waals surface area contributed by atoms with Crippen molar-refractivity contribution in [3.05, 3.63) is 39.0 Å². The molecule has 0 amide bonds. The summed E-state index contributed by atoms with van der Waals surface area (Å²) in [5.74, 6) is 1.65. The van der Waals surface area contributed by atoms with Crippen LogP contribution >= 0.6 is 31.9 Å². The Balaban J connectivity index is 2.03. The average Bonchev–Trinajstić information content (AvgIpc) is 3.01. The fourth-order valence-electron chi connectivity index (χ4n) is 1.75. The number of nitrogens with zero attached hydrogens (tertiary/aromatic N) is 1. The second kappa shape index (κ2) is 4.00. The lowest BCUT2D eigenvalue weighted by molar-refractivity contribution is 1.05. The molecule has 4 heteroatoms. The van der Waals surface area contributed by atoms with Crippen LogP contribution in [-0.4, -0.2) is 9.97 Å². The van der Waals surface area contributed by atoms with Gasteiger partial charge in [-0.05, 0) is 31.0 Å².